The smallest absolute Gasteiger partial charge is 0.0658 e. The Morgan fingerprint density at radius 3 is 2.67 bits per heavy atom. The Morgan fingerprint density at radius 1 is 1.33 bits per heavy atom. The van der Waals surface area contributed by atoms with Gasteiger partial charge in [-0.05, 0) is 39.0 Å². The van der Waals surface area contributed by atoms with Crippen LogP contribution in [0.1, 0.15) is 72.6 Å². The van der Waals surface area contributed by atoms with Crippen molar-refractivity contribution in [3.05, 3.63) is 0 Å². The van der Waals surface area contributed by atoms with Crippen molar-refractivity contribution < 1.29 is 4.74 Å². The summed E-state index contributed by atoms with van der Waals surface area (Å²) in [5, 5.41) is 0. The van der Waals surface area contributed by atoms with Gasteiger partial charge in [0.05, 0.1) is 11.7 Å². The van der Waals surface area contributed by atoms with Crippen molar-refractivity contribution in [1.29, 1.82) is 0 Å². The van der Waals surface area contributed by atoms with Crippen molar-refractivity contribution in [2.24, 2.45) is 5.92 Å². The van der Waals surface area contributed by atoms with Gasteiger partial charge >= 0.3 is 0 Å². The second-order valence-electron chi connectivity index (χ2n) is 5.53. The molecule has 1 heterocycles. The van der Waals surface area contributed by atoms with E-state index in [9.17, 15) is 0 Å². The number of hydrogen-bond acceptors (Lipinski definition) is 1. The monoisotopic (exact) mass is 212 g/mol. The maximum absolute atomic E-state index is 6.25. The SMILES string of the molecule is CCCC1(C)CCCC(CC)CC(C)O1. The molecule has 0 bridgehead atoms. The van der Waals surface area contributed by atoms with Gasteiger partial charge in [-0.25, -0.2) is 0 Å². The highest BCUT2D eigenvalue weighted by Crippen LogP contribution is 2.33. The highest BCUT2D eigenvalue weighted by molar-refractivity contribution is 4.80. The van der Waals surface area contributed by atoms with Crippen molar-refractivity contribution in [1.82, 2.24) is 0 Å². The van der Waals surface area contributed by atoms with E-state index in [1.807, 2.05) is 0 Å². The van der Waals surface area contributed by atoms with Crippen molar-refractivity contribution in [2.45, 2.75) is 84.3 Å². The molecule has 1 saturated heterocycles. The molecule has 0 amide bonds. The van der Waals surface area contributed by atoms with Gasteiger partial charge in [0.25, 0.3) is 0 Å². The molecule has 1 fully saturated rings. The van der Waals surface area contributed by atoms with Crippen LogP contribution in [0.4, 0.5) is 0 Å². The van der Waals surface area contributed by atoms with E-state index in [1.54, 1.807) is 0 Å². The van der Waals surface area contributed by atoms with Crippen molar-refractivity contribution in [2.75, 3.05) is 0 Å². The Hall–Kier alpha value is -0.0400. The van der Waals surface area contributed by atoms with Crippen molar-refractivity contribution in [3.63, 3.8) is 0 Å². The van der Waals surface area contributed by atoms with Crippen LogP contribution >= 0.6 is 0 Å². The van der Waals surface area contributed by atoms with Gasteiger partial charge in [0.2, 0.25) is 0 Å². The molecule has 90 valence electrons. The van der Waals surface area contributed by atoms with Gasteiger partial charge in [0.1, 0.15) is 0 Å². The molecule has 15 heavy (non-hydrogen) atoms. The van der Waals surface area contributed by atoms with Gasteiger partial charge in [-0.3, -0.25) is 0 Å². The van der Waals surface area contributed by atoms with E-state index in [4.69, 9.17) is 4.74 Å². The Bertz CT molecular complexity index is 178. The van der Waals surface area contributed by atoms with Crippen molar-refractivity contribution in [3.8, 4) is 0 Å². The van der Waals surface area contributed by atoms with E-state index in [0.29, 0.717) is 6.10 Å². The first-order valence-corrected chi connectivity index (χ1v) is 6.77. The Kier molecular flexibility index (Phi) is 5.11. The van der Waals surface area contributed by atoms with E-state index < -0.39 is 0 Å². The standard InChI is InChI=1S/C14H28O/c1-5-9-14(4)10-7-8-13(6-2)11-12(3)15-14/h12-13H,5-11H2,1-4H3. The molecule has 1 nitrogen and oxygen atoms in total. The van der Waals surface area contributed by atoms with Gasteiger partial charge in [-0.15, -0.1) is 0 Å². The lowest BCUT2D eigenvalue weighted by atomic mass is 9.86. The molecule has 0 radical (unpaired) electrons. The summed E-state index contributed by atoms with van der Waals surface area (Å²) in [6, 6.07) is 0. The minimum atomic E-state index is 0.160. The lowest BCUT2D eigenvalue weighted by molar-refractivity contribution is -0.102. The molecule has 0 saturated carbocycles. The summed E-state index contributed by atoms with van der Waals surface area (Å²) in [4.78, 5) is 0. The van der Waals surface area contributed by atoms with Crippen LogP contribution < -0.4 is 0 Å². The average molecular weight is 212 g/mol. The van der Waals surface area contributed by atoms with Gasteiger partial charge in [0, 0.05) is 0 Å². The van der Waals surface area contributed by atoms with Crippen LogP contribution in [0.15, 0.2) is 0 Å². The summed E-state index contributed by atoms with van der Waals surface area (Å²) in [6.45, 7) is 9.12. The summed E-state index contributed by atoms with van der Waals surface area (Å²) in [5.41, 5.74) is 0.160. The summed E-state index contributed by atoms with van der Waals surface area (Å²) >= 11 is 0. The van der Waals surface area contributed by atoms with E-state index in [-0.39, 0.29) is 5.60 Å². The molecule has 0 spiro atoms. The van der Waals surface area contributed by atoms with Crippen LogP contribution in [0.5, 0.6) is 0 Å². The average Bonchev–Trinajstić information content (AvgIpc) is 2.13. The molecule has 1 rings (SSSR count). The van der Waals surface area contributed by atoms with Gasteiger partial charge in [-0.2, -0.15) is 0 Å². The zero-order chi connectivity index (χ0) is 11.3. The number of rotatable bonds is 3. The van der Waals surface area contributed by atoms with E-state index in [2.05, 4.69) is 27.7 Å². The largest absolute Gasteiger partial charge is 0.372 e. The van der Waals surface area contributed by atoms with Crippen molar-refractivity contribution >= 4 is 0 Å². The third-order valence-electron chi connectivity index (χ3n) is 3.83. The number of ether oxygens (including phenoxy) is 1. The van der Waals surface area contributed by atoms with E-state index >= 15 is 0 Å². The molecular formula is C14H28O. The molecule has 3 unspecified atom stereocenters. The first kappa shape index (κ1) is 13.0. The minimum absolute atomic E-state index is 0.160. The van der Waals surface area contributed by atoms with Crippen LogP contribution in [-0.2, 0) is 4.74 Å². The fraction of sp³-hybridized carbons (Fsp3) is 1.00. The molecule has 0 N–H and O–H groups in total. The van der Waals surface area contributed by atoms with Crippen LogP contribution in [0.3, 0.4) is 0 Å². The maximum Gasteiger partial charge on any atom is 0.0658 e. The molecule has 0 aliphatic carbocycles. The first-order valence-electron chi connectivity index (χ1n) is 6.77. The van der Waals surface area contributed by atoms with Gasteiger partial charge < -0.3 is 4.74 Å². The lowest BCUT2D eigenvalue weighted by Gasteiger charge is -2.37. The summed E-state index contributed by atoms with van der Waals surface area (Å²) in [6.07, 6.45) is 9.49. The highest BCUT2D eigenvalue weighted by atomic mass is 16.5. The van der Waals surface area contributed by atoms with E-state index in [1.165, 1.54) is 44.9 Å². The van der Waals surface area contributed by atoms with Gasteiger partial charge in [-0.1, -0.05) is 39.5 Å². The molecule has 0 aromatic heterocycles. The Labute approximate surface area is 95.6 Å². The summed E-state index contributed by atoms with van der Waals surface area (Å²) in [7, 11) is 0. The summed E-state index contributed by atoms with van der Waals surface area (Å²) < 4.78 is 6.25. The Balaban J connectivity index is 2.53. The topological polar surface area (TPSA) is 9.23 Å². The molecule has 3 atom stereocenters. The fourth-order valence-corrected chi connectivity index (χ4v) is 3.03. The van der Waals surface area contributed by atoms with Crippen LogP contribution in [0.2, 0.25) is 0 Å². The zero-order valence-electron chi connectivity index (χ0n) is 11.0. The Morgan fingerprint density at radius 2 is 2.07 bits per heavy atom. The molecule has 1 aliphatic rings. The van der Waals surface area contributed by atoms with Crippen LogP contribution in [0, 0.1) is 5.92 Å². The highest BCUT2D eigenvalue weighted by Gasteiger charge is 2.29. The maximum atomic E-state index is 6.25. The molecule has 0 aromatic carbocycles. The molecule has 0 aromatic rings. The number of hydrogen-bond donors (Lipinski definition) is 0. The molecule has 1 aliphatic heterocycles. The molecule has 1 heteroatoms. The van der Waals surface area contributed by atoms with Gasteiger partial charge in [0.15, 0.2) is 0 Å². The predicted molar refractivity (Wildman–Crippen MR) is 66.1 cm³/mol. The normalized spacial score (nSPS) is 38.4. The fourth-order valence-electron chi connectivity index (χ4n) is 3.03. The lowest BCUT2D eigenvalue weighted by Crippen LogP contribution is -2.35. The second kappa shape index (κ2) is 5.89. The molecular weight excluding hydrogens is 184 g/mol. The summed E-state index contributed by atoms with van der Waals surface area (Å²) in [5.74, 6) is 0.895. The zero-order valence-corrected chi connectivity index (χ0v) is 11.0. The third-order valence-corrected chi connectivity index (χ3v) is 3.83. The quantitative estimate of drug-likeness (QED) is 0.667. The van der Waals surface area contributed by atoms with Crippen LogP contribution in [-0.4, -0.2) is 11.7 Å². The third kappa shape index (κ3) is 4.14. The first-order chi connectivity index (χ1) is 7.09. The van der Waals surface area contributed by atoms with E-state index in [0.717, 1.165) is 5.92 Å². The van der Waals surface area contributed by atoms with Crippen LogP contribution in [0.25, 0.3) is 0 Å². The minimum Gasteiger partial charge on any atom is -0.372 e. The predicted octanol–water partition coefficient (Wildman–Crippen LogP) is 4.55. The second-order valence-corrected chi connectivity index (χ2v) is 5.53.